The third kappa shape index (κ3) is 0.763. The molecule has 0 saturated carbocycles. The zero-order valence-corrected chi connectivity index (χ0v) is 3.87. The molecule has 0 spiro atoms. The predicted octanol–water partition coefficient (Wildman–Crippen LogP) is -1.09. The van der Waals surface area contributed by atoms with Crippen molar-refractivity contribution in [2.75, 3.05) is 0 Å². The van der Waals surface area contributed by atoms with E-state index in [1.165, 1.54) is 0 Å². The molecule has 0 aliphatic heterocycles. The van der Waals surface area contributed by atoms with Gasteiger partial charge in [-0.1, -0.05) is 5.21 Å². The highest BCUT2D eigenvalue weighted by atomic mass is 15.5. The maximum Gasteiger partial charge on any atom is 0.298 e. The van der Waals surface area contributed by atoms with E-state index < -0.39 is 0 Å². The summed E-state index contributed by atoms with van der Waals surface area (Å²) in [4.78, 5) is 0. The highest BCUT2D eigenvalue weighted by molar-refractivity contribution is 6.04. The number of tetrazole rings is 1. The van der Waals surface area contributed by atoms with Gasteiger partial charge in [0.1, 0.15) is 0 Å². The van der Waals surface area contributed by atoms with E-state index in [4.69, 9.17) is 7.98 Å². The molecule has 7 heavy (non-hydrogen) atoms. The van der Waals surface area contributed by atoms with E-state index in [1.54, 1.807) is 6.92 Å². The van der Waals surface area contributed by atoms with E-state index in [1.807, 2.05) is 0 Å². The van der Waals surface area contributed by atoms with Crippen LogP contribution in [0.5, 0.6) is 0 Å². The summed E-state index contributed by atoms with van der Waals surface area (Å²) < 4.78 is 0.926. The van der Waals surface area contributed by atoms with Crippen LogP contribution in [-0.2, 0) is 0 Å². The van der Waals surface area contributed by atoms with Crippen LogP contribution in [0.1, 0.15) is 5.82 Å². The van der Waals surface area contributed by atoms with Gasteiger partial charge < -0.3 is 0 Å². The van der Waals surface area contributed by atoms with Crippen molar-refractivity contribution in [3.63, 3.8) is 0 Å². The lowest BCUT2D eigenvalue weighted by molar-refractivity contribution is 0.801. The van der Waals surface area contributed by atoms with Crippen molar-refractivity contribution >= 4 is 7.98 Å². The van der Waals surface area contributed by atoms with Crippen molar-refractivity contribution in [3.8, 4) is 0 Å². The number of hydrogen-bond donors (Lipinski definition) is 0. The monoisotopic (exact) mass is 94.0 g/mol. The smallest absolute Gasteiger partial charge is 0.231 e. The first kappa shape index (κ1) is 4.30. The molecule has 0 atom stereocenters. The second-order valence-corrected chi connectivity index (χ2v) is 1.16. The van der Waals surface area contributed by atoms with Crippen LogP contribution in [0, 0.1) is 6.92 Å². The van der Waals surface area contributed by atoms with E-state index in [9.17, 15) is 0 Å². The number of rotatable bonds is 0. The third-order valence-corrected chi connectivity index (χ3v) is 0.528. The van der Waals surface area contributed by atoms with Crippen molar-refractivity contribution in [2.24, 2.45) is 0 Å². The lowest BCUT2D eigenvalue weighted by Crippen LogP contribution is -1.95. The fraction of sp³-hybridized carbons (Fsp3) is 0.500. The van der Waals surface area contributed by atoms with E-state index in [2.05, 4.69) is 15.4 Å². The van der Waals surface area contributed by atoms with Gasteiger partial charge in [-0.05, 0) is 6.92 Å². The Kier molecular flexibility index (Phi) is 0.815. The van der Waals surface area contributed by atoms with Gasteiger partial charge in [0.05, 0.1) is 0 Å². The van der Waals surface area contributed by atoms with E-state index in [-0.39, 0.29) is 0 Å². The van der Waals surface area contributed by atoms with Crippen molar-refractivity contribution in [1.29, 1.82) is 0 Å². The van der Waals surface area contributed by atoms with Crippen molar-refractivity contribution in [2.45, 2.75) is 6.92 Å². The standard InChI is InChI=1S/C2H3BN4/c1-2-4-6-7(3)5-2/h1H3. The molecule has 0 amide bonds. The SMILES string of the molecule is [B]n1nnc(C)n1. The summed E-state index contributed by atoms with van der Waals surface area (Å²) >= 11 is 0. The Hall–Kier alpha value is -0.865. The van der Waals surface area contributed by atoms with Crippen LogP contribution in [0.3, 0.4) is 0 Å². The molecule has 0 unspecified atom stereocenters. The van der Waals surface area contributed by atoms with Crippen molar-refractivity contribution < 1.29 is 0 Å². The molecule has 0 N–H and O–H groups in total. The van der Waals surface area contributed by atoms with Crippen LogP contribution < -0.4 is 0 Å². The lowest BCUT2D eigenvalue weighted by Gasteiger charge is -1.74. The minimum atomic E-state index is 0.586. The third-order valence-electron chi connectivity index (χ3n) is 0.528. The molecule has 1 aromatic heterocycles. The Bertz CT molecular complexity index is 142. The molecule has 0 aromatic carbocycles. The molecule has 1 heterocycles. The molecule has 0 fully saturated rings. The Labute approximate surface area is 42.0 Å². The van der Waals surface area contributed by atoms with Crippen LogP contribution in [0.15, 0.2) is 0 Å². The molecule has 0 aliphatic carbocycles. The Balaban J connectivity index is 3.04. The summed E-state index contributed by atoms with van der Waals surface area (Å²) in [5.41, 5.74) is 0. The first-order valence-corrected chi connectivity index (χ1v) is 1.81. The van der Waals surface area contributed by atoms with E-state index in [0.29, 0.717) is 5.82 Å². The van der Waals surface area contributed by atoms with Gasteiger partial charge in [-0.15, -0.1) is 5.10 Å². The maximum atomic E-state index is 5.01. The van der Waals surface area contributed by atoms with Crippen molar-refractivity contribution in [3.05, 3.63) is 5.82 Å². The predicted molar refractivity (Wildman–Crippen MR) is 23.7 cm³/mol. The van der Waals surface area contributed by atoms with Crippen LogP contribution >= 0.6 is 0 Å². The number of aryl methyl sites for hydroxylation is 1. The minimum absolute atomic E-state index is 0.586. The molecule has 2 radical (unpaired) electrons. The van der Waals surface area contributed by atoms with Gasteiger partial charge in [0.15, 0.2) is 5.82 Å². The molecular formula is C2H3BN4. The van der Waals surface area contributed by atoms with Crippen LogP contribution in [0.2, 0.25) is 0 Å². The fourth-order valence-electron chi connectivity index (χ4n) is 0.299. The summed E-state index contributed by atoms with van der Waals surface area (Å²) in [7, 11) is 5.01. The number of hydrogen-bond acceptors (Lipinski definition) is 3. The van der Waals surface area contributed by atoms with Crippen LogP contribution in [-0.4, -0.2) is 28.1 Å². The Morgan fingerprint density at radius 1 is 1.71 bits per heavy atom. The molecule has 34 valence electrons. The van der Waals surface area contributed by atoms with Gasteiger partial charge >= 0.3 is 0 Å². The number of aromatic nitrogens is 4. The Morgan fingerprint density at radius 3 is 2.57 bits per heavy atom. The van der Waals surface area contributed by atoms with E-state index >= 15 is 0 Å². The number of nitrogens with zero attached hydrogens (tertiary/aromatic N) is 4. The average molecular weight is 93.9 g/mol. The first-order valence-electron chi connectivity index (χ1n) is 1.81. The normalized spacial score (nSPS) is 9.29. The second-order valence-electron chi connectivity index (χ2n) is 1.16. The fourth-order valence-corrected chi connectivity index (χ4v) is 0.299. The summed E-state index contributed by atoms with van der Waals surface area (Å²) in [5.74, 6) is 0.586. The van der Waals surface area contributed by atoms with Gasteiger partial charge in [-0.25, -0.2) is 4.71 Å². The summed E-state index contributed by atoms with van der Waals surface area (Å²) in [6.07, 6.45) is 0. The molecule has 0 bridgehead atoms. The molecule has 4 nitrogen and oxygen atoms in total. The zero-order valence-electron chi connectivity index (χ0n) is 3.87. The first-order chi connectivity index (χ1) is 3.29. The highest BCUT2D eigenvalue weighted by Gasteiger charge is 1.85. The molecule has 0 aliphatic rings. The van der Waals surface area contributed by atoms with Gasteiger partial charge in [0, 0.05) is 0 Å². The van der Waals surface area contributed by atoms with Gasteiger partial charge in [0.25, 0.3) is 7.98 Å². The molecule has 1 rings (SSSR count). The van der Waals surface area contributed by atoms with Gasteiger partial charge in [-0.3, -0.25) is 0 Å². The molecule has 1 aromatic rings. The van der Waals surface area contributed by atoms with Gasteiger partial charge in [-0.2, -0.15) is 5.10 Å². The van der Waals surface area contributed by atoms with E-state index in [0.717, 1.165) is 4.71 Å². The summed E-state index contributed by atoms with van der Waals surface area (Å²) in [6.45, 7) is 1.72. The van der Waals surface area contributed by atoms with Crippen LogP contribution in [0.4, 0.5) is 0 Å². The topological polar surface area (TPSA) is 43.6 Å². The Morgan fingerprint density at radius 2 is 2.43 bits per heavy atom. The molecule has 0 saturated heterocycles. The summed E-state index contributed by atoms with van der Waals surface area (Å²) in [6, 6.07) is 0. The van der Waals surface area contributed by atoms with Gasteiger partial charge in [0.2, 0.25) is 0 Å². The largest absolute Gasteiger partial charge is 0.298 e. The molecule has 5 heteroatoms. The maximum absolute atomic E-state index is 5.01. The second kappa shape index (κ2) is 1.33. The van der Waals surface area contributed by atoms with Crippen LogP contribution in [0.25, 0.3) is 0 Å². The molecular weight excluding hydrogens is 90.9 g/mol. The average Bonchev–Trinajstić information content (AvgIpc) is 1.87. The quantitative estimate of drug-likeness (QED) is 0.383. The zero-order chi connectivity index (χ0) is 5.28. The highest BCUT2D eigenvalue weighted by Crippen LogP contribution is 1.73. The van der Waals surface area contributed by atoms with Crippen molar-refractivity contribution in [1.82, 2.24) is 20.1 Å². The summed E-state index contributed by atoms with van der Waals surface area (Å²) in [5, 5.41) is 10.4. The minimum Gasteiger partial charge on any atom is -0.231 e. The lowest BCUT2D eigenvalue weighted by atomic mass is 10.5.